The zero-order valence-corrected chi connectivity index (χ0v) is 12.0. The van der Waals surface area contributed by atoms with Crippen molar-refractivity contribution < 1.29 is 13.9 Å². The number of carbonyl (C=O) groups is 1. The van der Waals surface area contributed by atoms with Crippen molar-refractivity contribution in [3.63, 3.8) is 0 Å². The number of hydrogen-bond donors (Lipinski definition) is 0. The summed E-state index contributed by atoms with van der Waals surface area (Å²) in [6.45, 7) is 6.14. The van der Waals surface area contributed by atoms with Crippen LogP contribution in [0.1, 0.15) is 26.3 Å². The van der Waals surface area contributed by atoms with E-state index in [1.165, 1.54) is 12.0 Å². The summed E-state index contributed by atoms with van der Waals surface area (Å²) in [6.07, 6.45) is 0.804. The summed E-state index contributed by atoms with van der Waals surface area (Å²) in [5.41, 5.74) is 1.54. The van der Waals surface area contributed by atoms with Crippen LogP contribution in [0.5, 0.6) is 0 Å². The van der Waals surface area contributed by atoms with Crippen molar-refractivity contribution in [2.45, 2.75) is 26.2 Å². The van der Waals surface area contributed by atoms with Crippen molar-refractivity contribution >= 4 is 11.6 Å². The van der Waals surface area contributed by atoms with Crippen molar-refractivity contribution in [1.82, 2.24) is 0 Å². The fourth-order valence-electron chi connectivity index (χ4n) is 1.82. The molecule has 0 fully saturated rings. The monoisotopic (exact) mass is 265 g/mol. The average molecular weight is 265 g/mol. The Balaban J connectivity index is 3.17. The van der Waals surface area contributed by atoms with Gasteiger partial charge in [0, 0.05) is 12.7 Å². The normalized spacial score (nSPS) is 12.2. The largest absolute Gasteiger partial charge is 0.501 e. The number of halogens is 1. The molecule has 0 unspecified atom stereocenters. The summed E-state index contributed by atoms with van der Waals surface area (Å²) in [5.74, 6) is -1.65. The molecule has 0 radical (unpaired) electrons. The number of carbonyl (C=O) groups excluding carboxylic acids is 1. The molecule has 19 heavy (non-hydrogen) atoms. The minimum atomic E-state index is -0.922. The first kappa shape index (κ1) is 15.2. The molecular formula is C15H20FNO2. The lowest BCUT2D eigenvalue weighted by Crippen LogP contribution is -2.29. The van der Waals surface area contributed by atoms with Gasteiger partial charge in [-0.1, -0.05) is 39.0 Å². The van der Waals surface area contributed by atoms with Crippen LogP contribution in [0.2, 0.25) is 0 Å². The smallest absolute Gasteiger partial charge is 0.290 e. The third-order valence-electron chi connectivity index (χ3n) is 2.80. The molecule has 1 rings (SSSR count). The Morgan fingerprint density at radius 1 is 1.32 bits per heavy atom. The zero-order valence-electron chi connectivity index (χ0n) is 12.0. The predicted octanol–water partition coefficient (Wildman–Crippen LogP) is 3.40. The van der Waals surface area contributed by atoms with E-state index in [0.717, 1.165) is 11.8 Å². The van der Waals surface area contributed by atoms with Gasteiger partial charge in [0.25, 0.3) is 5.91 Å². The molecule has 0 saturated heterocycles. The molecule has 0 aliphatic carbocycles. The summed E-state index contributed by atoms with van der Waals surface area (Å²) in [6, 6.07) is 7.48. The number of hydrogen-bond acceptors (Lipinski definition) is 2. The quantitative estimate of drug-likeness (QED) is 0.619. The van der Waals surface area contributed by atoms with Crippen LogP contribution < -0.4 is 4.90 Å². The number of likely N-dealkylation sites (N-methyl/N-ethyl adjacent to an activating group) is 1. The molecule has 1 amide bonds. The van der Waals surface area contributed by atoms with Gasteiger partial charge in [-0.25, -0.2) is 0 Å². The lowest BCUT2D eigenvalue weighted by atomic mass is 9.85. The number of amides is 1. The minimum absolute atomic E-state index is 0.132. The first-order chi connectivity index (χ1) is 8.79. The number of benzene rings is 1. The highest BCUT2D eigenvalue weighted by molar-refractivity contribution is 6.04. The van der Waals surface area contributed by atoms with Gasteiger partial charge in [0.15, 0.2) is 0 Å². The Kier molecular flexibility index (Phi) is 4.70. The summed E-state index contributed by atoms with van der Waals surface area (Å²) in [7, 11) is 2.85. The van der Waals surface area contributed by atoms with E-state index in [1.807, 2.05) is 39.0 Å². The van der Waals surface area contributed by atoms with Gasteiger partial charge in [-0.2, -0.15) is 4.39 Å². The Morgan fingerprint density at radius 2 is 1.89 bits per heavy atom. The van der Waals surface area contributed by atoms with E-state index in [0.29, 0.717) is 5.69 Å². The minimum Gasteiger partial charge on any atom is -0.501 e. The number of methoxy groups -OCH3 is 1. The van der Waals surface area contributed by atoms with Crippen LogP contribution in [-0.4, -0.2) is 20.1 Å². The second-order valence-corrected chi connectivity index (χ2v) is 5.33. The van der Waals surface area contributed by atoms with E-state index < -0.39 is 11.7 Å². The molecule has 0 atom stereocenters. The fraction of sp³-hybridized carbons (Fsp3) is 0.400. The Morgan fingerprint density at radius 3 is 2.42 bits per heavy atom. The van der Waals surface area contributed by atoms with Crippen molar-refractivity contribution in [3.05, 3.63) is 41.9 Å². The Bertz CT molecular complexity index is 489. The second kappa shape index (κ2) is 5.87. The van der Waals surface area contributed by atoms with Gasteiger partial charge >= 0.3 is 0 Å². The average Bonchev–Trinajstić information content (AvgIpc) is 2.36. The van der Waals surface area contributed by atoms with E-state index >= 15 is 0 Å². The molecule has 0 N–H and O–H groups in total. The first-order valence-corrected chi connectivity index (χ1v) is 6.05. The number of ether oxygens (including phenoxy) is 1. The number of para-hydroxylation sites is 1. The first-order valence-electron chi connectivity index (χ1n) is 6.05. The van der Waals surface area contributed by atoms with Gasteiger partial charge in [0.1, 0.15) is 6.26 Å². The van der Waals surface area contributed by atoms with Gasteiger partial charge in [-0.3, -0.25) is 4.79 Å². The number of nitrogens with zero attached hydrogens (tertiary/aromatic N) is 1. The van der Waals surface area contributed by atoms with Gasteiger partial charge < -0.3 is 9.64 Å². The van der Waals surface area contributed by atoms with E-state index in [-0.39, 0.29) is 5.41 Å². The third-order valence-corrected chi connectivity index (χ3v) is 2.80. The zero-order chi connectivity index (χ0) is 14.6. The summed E-state index contributed by atoms with van der Waals surface area (Å²) in [5, 5.41) is 0. The molecule has 0 saturated carbocycles. The molecule has 0 spiro atoms. The van der Waals surface area contributed by atoms with Crippen LogP contribution in [0.15, 0.2) is 36.4 Å². The molecule has 0 heterocycles. The molecule has 1 aromatic carbocycles. The highest BCUT2D eigenvalue weighted by Gasteiger charge is 2.24. The third kappa shape index (κ3) is 3.56. The molecule has 0 aliphatic heterocycles. The van der Waals surface area contributed by atoms with Crippen LogP contribution in [-0.2, 0) is 14.9 Å². The lowest BCUT2D eigenvalue weighted by molar-refractivity contribution is -0.116. The van der Waals surface area contributed by atoms with Gasteiger partial charge in [0.2, 0.25) is 5.83 Å². The van der Waals surface area contributed by atoms with Crippen molar-refractivity contribution in [3.8, 4) is 0 Å². The standard InChI is InChI=1S/C15H20FNO2/c1-15(2,3)11-8-6-7-9-13(11)17(4)14(18)12(16)10-19-5/h6-10H,1-5H3/b12-10-. The molecular weight excluding hydrogens is 245 g/mol. The van der Waals surface area contributed by atoms with E-state index in [9.17, 15) is 9.18 Å². The molecule has 0 aliphatic rings. The molecule has 4 heteroatoms. The van der Waals surface area contributed by atoms with Crippen LogP contribution in [0.3, 0.4) is 0 Å². The van der Waals surface area contributed by atoms with Gasteiger partial charge in [-0.05, 0) is 17.0 Å². The second-order valence-electron chi connectivity index (χ2n) is 5.33. The van der Waals surface area contributed by atoms with E-state index in [2.05, 4.69) is 4.74 Å². The highest BCUT2D eigenvalue weighted by atomic mass is 19.1. The van der Waals surface area contributed by atoms with Crippen molar-refractivity contribution in [2.24, 2.45) is 0 Å². The van der Waals surface area contributed by atoms with Crippen molar-refractivity contribution in [2.75, 3.05) is 19.1 Å². The maximum absolute atomic E-state index is 13.5. The molecule has 0 bridgehead atoms. The predicted molar refractivity (Wildman–Crippen MR) is 74.8 cm³/mol. The molecule has 104 valence electrons. The molecule has 1 aromatic rings. The summed E-state index contributed by atoms with van der Waals surface area (Å²) in [4.78, 5) is 13.2. The Hall–Kier alpha value is -1.84. The van der Waals surface area contributed by atoms with Crippen LogP contribution in [0.25, 0.3) is 0 Å². The maximum atomic E-state index is 13.5. The van der Waals surface area contributed by atoms with Crippen LogP contribution >= 0.6 is 0 Å². The van der Waals surface area contributed by atoms with Gasteiger partial charge in [-0.15, -0.1) is 0 Å². The van der Waals surface area contributed by atoms with E-state index in [4.69, 9.17) is 0 Å². The van der Waals surface area contributed by atoms with Crippen LogP contribution in [0.4, 0.5) is 10.1 Å². The molecule has 3 nitrogen and oxygen atoms in total. The number of anilines is 1. The lowest BCUT2D eigenvalue weighted by Gasteiger charge is -2.27. The maximum Gasteiger partial charge on any atom is 0.290 e. The summed E-state index contributed by atoms with van der Waals surface area (Å²) >= 11 is 0. The highest BCUT2D eigenvalue weighted by Crippen LogP contribution is 2.31. The van der Waals surface area contributed by atoms with Gasteiger partial charge in [0.05, 0.1) is 7.11 Å². The SMILES string of the molecule is CO/C=C(\F)C(=O)N(C)c1ccccc1C(C)(C)C. The van der Waals surface area contributed by atoms with Crippen LogP contribution in [0, 0.1) is 0 Å². The van der Waals surface area contributed by atoms with E-state index in [1.54, 1.807) is 13.1 Å². The Labute approximate surface area is 113 Å². The fourth-order valence-corrected chi connectivity index (χ4v) is 1.82. The topological polar surface area (TPSA) is 29.5 Å². The molecule has 0 aromatic heterocycles. The van der Waals surface area contributed by atoms with Crippen molar-refractivity contribution in [1.29, 1.82) is 0 Å². The number of rotatable bonds is 3. The summed E-state index contributed by atoms with van der Waals surface area (Å²) < 4.78 is 18.0.